The third-order valence-electron chi connectivity index (χ3n) is 7.89. The molecule has 41 heavy (non-hydrogen) atoms. The van der Waals surface area contributed by atoms with E-state index in [1.807, 2.05) is 55.7 Å². The molecule has 1 aliphatic heterocycles. The predicted molar refractivity (Wildman–Crippen MR) is 166 cm³/mol. The molecule has 8 nitrogen and oxygen atoms in total. The number of benzene rings is 1. The molecule has 6 rings (SSSR count). The van der Waals surface area contributed by atoms with Crippen molar-refractivity contribution >= 4 is 40.1 Å². The van der Waals surface area contributed by atoms with E-state index in [1.165, 1.54) is 23.3 Å². The van der Waals surface area contributed by atoms with Gasteiger partial charge in [0.25, 0.3) is 11.5 Å². The van der Waals surface area contributed by atoms with E-state index < -0.39 is 0 Å². The summed E-state index contributed by atoms with van der Waals surface area (Å²) in [5, 5.41) is 6.35. The number of aromatic nitrogens is 2. The Balaban J connectivity index is 1.23. The van der Waals surface area contributed by atoms with Gasteiger partial charge < -0.3 is 24.8 Å². The summed E-state index contributed by atoms with van der Waals surface area (Å²) in [6.45, 7) is 5.27. The summed E-state index contributed by atoms with van der Waals surface area (Å²) in [6.07, 6.45) is 9.17. The molecule has 1 fully saturated rings. The summed E-state index contributed by atoms with van der Waals surface area (Å²) in [7, 11) is 1.74. The molecule has 2 N–H and O–H groups in total. The lowest BCUT2D eigenvalue weighted by molar-refractivity contribution is 0.103. The van der Waals surface area contributed by atoms with Crippen LogP contribution in [0.5, 0.6) is 0 Å². The zero-order valence-corrected chi connectivity index (χ0v) is 24.4. The minimum absolute atomic E-state index is 0.0744. The van der Waals surface area contributed by atoms with Gasteiger partial charge in [0.1, 0.15) is 11.5 Å². The number of nitrogens with one attached hydrogen (secondary N) is 2. The van der Waals surface area contributed by atoms with Crippen molar-refractivity contribution in [1.82, 2.24) is 9.55 Å². The average Bonchev–Trinajstić information content (AvgIpc) is 3.24. The lowest BCUT2D eigenvalue weighted by atomic mass is 9.99. The van der Waals surface area contributed by atoms with Crippen LogP contribution >= 0.6 is 11.3 Å². The van der Waals surface area contributed by atoms with Crippen molar-refractivity contribution in [2.24, 2.45) is 7.05 Å². The van der Waals surface area contributed by atoms with Gasteiger partial charge in [-0.15, -0.1) is 11.3 Å². The number of aryl methyl sites for hydroxylation is 3. The standard InChI is InChI=1S/C32H35N5O3S/c1-21-25(8-5-9-26(21)35-31(38)29-18-22-7-3-4-10-28(22)41-29)23-17-27(32(39)36(2)20-23)34-30-12-11-24(19-33-30)37-13-6-15-40-16-14-37/h5,8-9,11-12,17-20H,3-4,6-7,10,13-16H2,1-2H3,(H,33,34)(H,35,38). The normalized spacial score (nSPS) is 15.2. The van der Waals surface area contributed by atoms with Crippen molar-refractivity contribution in [2.45, 2.75) is 39.0 Å². The topological polar surface area (TPSA) is 88.5 Å². The van der Waals surface area contributed by atoms with E-state index in [0.29, 0.717) is 18.1 Å². The van der Waals surface area contributed by atoms with Crippen LogP contribution in [0.25, 0.3) is 11.1 Å². The third-order valence-corrected chi connectivity index (χ3v) is 9.13. The molecule has 0 spiro atoms. The number of rotatable bonds is 6. The molecule has 0 atom stereocenters. The smallest absolute Gasteiger partial charge is 0.274 e. The van der Waals surface area contributed by atoms with Crippen molar-refractivity contribution in [3.05, 3.63) is 86.1 Å². The molecule has 1 amide bonds. The second-order valence-electron chi connectivity index (χ2n) is 10.7. The van der Waals surface area contributed by atoms with E-state index >= 15 is 0 Å². The first-order chi connectivity index (χ1) is 20.0. The van der Waals surface area contributed by atoms with Crippen molar-refractivity contribution in [3.8, 4) is 11.1 Å². The van der Waals surface area contributed by atoms with Crippen LogP contribution in [0, 0.1) is 6.92 Å². The van der Waals surface area contributed by atoms with Gasteiger partial charge in [-0.05, 0) is 86.1 Å². The molecular formula is C32H35N5O3S. The van der Waals surface area contributed by atoms with Gasteiger partial charge in [0.05, 0.1) is 23.4 Å². The van der Waals surface area contributed by atoms with Gasteiger partial charge >= 0.3 is 0 Å². The first-order valence-corrected chi connectivity index (χ1v) is 15.1. The zero-order valence-electron chi connectivity index (χ0n) is 23.5. The summed E-state index contributed by atoms with van der Waals surface area (Å²) in [5.74, 6) is 0.528. The van der Waals surface area contributed by atoms with Crippen LogP contribution in [0.2, 0.25) is 0 Å². The minimum atomic E-state index is -0.145. The summed E-state index contributed by atoms with van der Waals surface area (Å²) >= 11 is 1.61. The van der Waals surface area contributed by atoms with E-state index in [0.717, 1.165) is 71.9 Å². The molecule has 2 aliphatic rings. The number of hydrogen-bond acceptors (Lipinski definition) is 7. The van der Waals surface area contributed by atoms with Gasteiger partial charge in [0.2, 0.25) is 0 Å². The maximum Gasteiger partial charge on any atom is 0.274 e. The Labute approximate surface area is 244 Å². The molecule has 0 radical (unpaired) electrons. The monoisotopic (exact) mass is 569 g/mol. The van der Waals surface area contributed by atoms with Crippen LogP contribution in [0.15, 0.2) is 59.7 Å². The van der Waals surface area contributed by atoms with Gasteiger partial charge in [-0.25, -0.2) is 4.98 Å². The van der Waals surface area contributed by atoms with E-state index in [9.17, 15) is 9.59 Å². The fourth-order valence-corrected chi connectivity index (χ4v) is 6.76. The fraction of sp³-hybridized carbons (Fsp3) is 0.344. The molecular weight excluding hydrogens is 534 g/mol. The van der Waals surface area contributed by atoms with Gasteiger partial charge in [-0.1, -0.05) is 12.1 Å². The highest BCUT2D eigenvalue weighted by Gasteiger charge is 2.19. The van der Waals surface area contributed by atoms with Crippen LogP contribution in [0.3, 0.4) is 0 Å². The van der Waals surface area contributed by atoms with Crippen molar-refractivity contribution in [2.75, 3.05) is 41.8 Å². The highest BCUT2D eigenvalue weighted by Crippen LogP contribution is 2.33. The maximum atomic E-state index is 13.2. The van der Waals surface area contributed by atoms with Gasteiger partial charge in [0, 0.05) is 49.1 Å². The number of nitrogens with zero attached hydrogens (tertiary/aromatic N) is 3. The average molecular weight is 570 g/mol. The third kappa shape index (κ3) is 5.92. The number of fused-ring (bicyclic) bond motifs is 1. The Morgan fingerprint density at radius 3 is 2.73 bits per heavy atom. The van der Waals surface area contributed by atoms with E-state index in [1.54, 1.807) is 23.0 Å². The molecule has 0 bridgehead atoms. The number of thiophene rings is 1. The Kier molecular flexibility index (Phi) is 7.89. The SMILES string of the molecule is Cc1c(NC(=O)c2cc3c(s2)CCCC3)cccc1-c1cc(Nc2ccc(N3CCCOCC3)cn2)c(=O)n(C)c1. The Morgan fingerprint density at radius 2 is 1.90 bits per heavy atom. The van der Waals surface area contributed by atoms with E-state index in [2.05, 4.69) is 26.6 Å². The molecule has 1 saturated heterocycles. The van der Waals surface area contributed by atoms with Crippen molar-refractivity contribution in [1.29, 1.82) is 0 Å². The highest BCUT2D eigenvalue weighted by molar-refractivity contribution is 7.14. The summed E-state index contributed by atoms with van der Waals surface area (Å²) in [6, 6.07) is 13.7. The molecule has 1 aromatic carbocycles. The van der Waals surface area contributed by atoms with Crippen LogP contribution in [-0.2, 0) is 24.6 Å². The molecule has 212 valence electrons. The first-order valence-electron chi connectivity index (χ1n) is 14.3. The number of hydrogen-bond donors (Lipinski definition) is 2. The number of anilines is 4. The quantitative estimate of drug-likeness (QED) is 0.300. The van der Waals surface area contributed by atoms with Gasteiger partial charge in [-0.3, -0.25) is 9.59 Å². The number of pyridine rings is 2. The van der Waals surface area contributed by atoms with E-state index in [-0.39, 0.29) is 11.5 Å². The number of carbonyl (C=O) groups is 1. The molecule has 4 heterocycles. The first kappa shape index (κ1) is 27.2. The van der Waals surface area contributed by atoms with E-state index in [4.69, 9.17) is 4.74 Å². The number of ether oxygens (including phenoxy) is 1. The highest BCUT2D eigenvalue weighted by atomic mass is 32.1. The van der Waals surface area contributed by atoms with Crippen molar-refractivity contribution < 1.29 is 9.53 Å². The van der Waals surface area contributed by atoms with Crippen molar-refractivity contribution in [3.63, 3.8) is 0 Å². The largest absolute Gasteiger partial charge is 0.380 e. The second kappa shape index (κ2) is 11.9. The molecule has 1 aliphatic carbocycles. The maximum absolute atomic E-state index is 13.2. The van der Waals surface area contributed by atoms with Crippen LogP contribution in [-0.4, -0.2) is 41.8 Å². The number of carbonyl (C=O) groups excluding carboxylic acids is 1. The predicted octanol–water partition coefficient (Wildman–Crippen LogP) is 5.92. The minimum Gasteiger partial charge on any atom is -0.380 e. The van der Waals surface area contributed by atoms with Gasteiger partial charge in [-0.2, -0.15) is 0 Å². The van der Waals surface area contributed by atoms with Crippen LogP contribution < -0.4 is 21.1 Å². The molecule has 4 aromatic rings. The van der Waals surface area contributed by atoms with Crippen LogP contribution in [0.1, 0.15) is 44.9 Å². The Morgan fingerprint density at radius 1 is 1.02 bits per heavy atom. The summed E-state index contributed by atoms with van der Waals surface area (Å²) < 4.78 is 7.13. The Bertz CT molecular complexity index is 1590. The number of amides is 1. The summed E-state index contributed by atoms with van der Waals surface area (Å²) in [4.78, 5) is 35.2. The van der Waals surface area contributed by atoms with Gasteiger partial charge in [0.15, 0.2) is 0 Å². The lowest BCUT2D eigenvalue weighted by Crippen LogP contribution is -2.26. The molecule has 9 heteroatoms. The molecule has 0 unspecified atom stereocenters. The fourth-order valence-electron chi connectivity index (χ4n) is 5.61. The lowest BCUT2D eigenvalue weighted by Gasteiger charge is -2.21. The van der Waals surface area contributed by atoms with Crippen LogP contribution in [0.4, 0.5) is 22.9 Å². The molecule has 3 aromatic heterocycles. The zero-order chi connectivity index (χ0) is 28.3. The summed E-state index contributed by atoms with van der Waals surface area (Å²) in [5.41, 5.74) is 6.17. The Hall–Kier alpha value is -3.95. The second-order valence-corrected chi connectivity index (χ2v) is 11.9. The molecule has 0 saturated carbocycles.